The number of likely N-dealkylation sites (tertiary alicyclic amines) is 1. The molecule has 1 aliphatic rings. The van der Waals surface area contributed by atoms with Gasteiger partial charge in [-0.25, -0.2) is 4.39 Å². The molecule has 1 heterocycles. The van der Waals surface area contributed by atoms with Gasteiger partial charge in [-0.2, -0.15) is 0 Å². The Morgan fingerprint density at radius 1 is 1.26 bits per heavy atom. The van der Waals surface area contributed by atoms with Gasteiger partial charge in [0.15, 0.2) is 0 Å². The number of hydrogen-bond donors (Lipinski definition) is 2. The summed E-state index contributed by atoms with van der Waals surface area (Å²) in [6.07, 6.45) is 1.91. The molecule has 0 aromatic heterocycles. The number of piperidine rings is 1. The van der Waals surface area contributed by atoms with Gasteiger partial charge in [-0.15, -0.1) is 0 Å². The number of anilines is 1. The fourth-order valence-corrected chi connectivity index (χ4v) is 3.32. The summed E-state index contributed by atoms with van der Waals surface area (Å²) in [7, 11) is 0. The van der Waals surface area contributed by atoms with Crippen molar-refractivity contribution in [3.8, 4) is 0 Å². The molecular weight excluding hydrogens is 413 g/mol. The molecule has 150 valence electrons. The molecule has 2 rings (SSSR count). The molecule has 1 saturated heterocycles. The lowest BCUT2D eigenvalue weighted by Gasteiger charge is -2.32. The van der Waals surface area contributed by atoms with Gasteiger partial charge in [0.25, 0.3) is 0 Å². The molecule has 0 aliphatic carbocycles. The molecule has 1 aromatic rings. The quantitative estimate of drug-likeness (QED) is 0.676. The molecule has 1 fully saturated rings. The van der Waals surface area contributed by atoms with E-state index in [4.69, 9.17) is 0 Å². The van der Waals surface area contributed by atoms with Gasteiger partial charge in [-0.1, -0.05) is 29.8 Å². The maximum absolute atomic E-state index is 13.8. The second-order valence-electron chi connectivity index (χ2n) is 7.58. The van der Waals surface area contributed by atoms with Crippen LogP contribution in [0.15, 0.2) is 22.7 Å². The van der Waals surface area contributed by atoms with Crippen LogP contribution < -0.4 is 10.6 Å². The average Bonchev–Trinajstić information content (AvgIpc) is 2.62. The zero-order chi connectivity index (χ0) is 20.0. The molecule has 27 heavy (non-hydrogen) atoms. The molecule has 0 spiro atoms. The van der Waals surface area contributed by atoms with Gasteiger partial charge in [-0.05, 0) is 57.0 Å². The van der Waals surface area contributed by atoms with Crippen LogP contribution in [0, 0.1) is 17.7 Å². The molecule has 2 amide bonds. The highest BCUT2D eigenvalue weighted by molar-refractivity contribution is 9.10. The maximum atomic E-state index is 13.8. The highest BCUT2D eigenvalue weighted by atomic mass is 79.9. The predicted octanol–water partition coefficient (Wildman–Crippen LogP) is 3.79. The lowest BCUT2D eigenvalue weighted by molar-refractivity contribution is -0.127. The van der Waals surface area contributed by atoms with Crippen molar-refractivity contribution in [2.45, 2.75) is 46.1 Å². The first-order chi connectivity index (χ1) is 12.8. The van der Waals surface area contributed by atoms with Crippen molar-refractivity contribution < 1.29 is 14.0 Å². The number of rotatable bonds is 7. The van der Waals surface area contributed by atoms with Gasteiger partial charge >= 0.3 is 0 Å². The van der Waals surface area contributed by atoms with E-state index in [-0.39, 0.29) is 29.5 Å². The van der Waals surface area contributed by atoms with Crippen LogP contribution >= 0.6 is 15.9 Å². The number of carbonyl (C=O) groups is 2. The van der Waals surface area contributed by atoms with Gasteiger partial charge in [0.1, 0.15) is 5.82 Å². The Bertz CT molecular complexity index is 661. The summed E-state index contributed by atoms with van der Waals surface area (Å²) in [5.41, 5.74) is 0.192. The van der Waals surface area contributed by atoms with E-state index in [0.29, 0.717) is 23.4 Å². The van der Waals surface area contributed by atoms with Gasteiger partial charge in [-0.3, -0.25) is 9.59 Å². The Kier molecular flexibility index (Phi) is 8.23. The van der Waals surface area contributed by atoms with E-state index in [2.05, 4.69) is 45.3 Å². The largest absolute Gasteiger partial charge is 0.353 e. The molecule has 1 aromatic carbocycles. The number of nitrogens with one attached hydrogen (secondary N) is 2. The summed E-state index contributed by atoms with van der Waals surface area (Å²) in [5, 5.41) is 5.70. The normalized spacial score (nSPS) is 17.0. The van der Waals surface area contributed by atoms with E-state index in [1.807, 2.05) is 6.92 Å². The zero-order valence-corrected chi connectivity index (χ0v) is 17.8. The fourth-order valence-electron chi connectivity index (χ4n) is 2.99. The van der Waals surface area contributed by atoms with Crippen molar-refractivity contribution in [3.05, 3.63) is 28.5 Å². The molecule has 0 bridgehead atoms. The molecule has 2 N–H and O–H groups in total. The van der Waals surface area contributed by atoms with Crippen molar-refractivity contribution >= 4 is 33.4 Å². The standard InChI is InChI=1S/C20H29BrFN3O2/c1-13(2)14(3)23-20(27)15-6-9-25(10-7-15)11-8-19(26)24-18-5-4-16(21)12-17(18)22/h4-5,12-15H,6-11H2,1-3H3,(H,23,27)(H,24,26). The molecule has 0 saturated carbocycles. The highest BCUT2D eigenvalue weighted by Gasteiger charge is 2.26. The summed E-state index contributed by atoms with van der Waals surface area (Å²) in [6, 6.07) is 4.73. The molecule has 0 radical (unpaired) electrons. The van der Waals surface area contributed by atoms with Crippen molar-refractivity contribution in [1.29, 1.82) is 0 Å². The number of amides is 2. The van der Waals surface area contributed by atoms with Gasteiger partial charge in [0.2, 0.25) is 11.8 Å². The molecule has 1 aliphatic heterocycles. The van der Waals surface area contributed by atoms with Gasteiger partial charge in [0, 0.05) is 29.4 Å². The lowest BCUT2D eigenvalue weighted by atomic mass is 9.94. The van der Waals surface area contributed by atoms with Crippen LogP contribution in [0.4, 0.5) is 10.1 Å². The molecular formula is C20H29BrFN3O2. The molecule has 5 nitrogen and oxygen atoms in total. The van der Waals surface area contributed by atoms with Crippen LogP contribution in [0.3, 0.4) is 0 Å². The van der Waals surface area contributed by atoms with Crippen molar-refractivity contribution in [2.24, 2.45) is 11.8 Å². The number of benzene rings is 1. The first kappa shape index (κ1) is 21.8. The van der Waals surface area contributed by atoms with E-state index in [1.165, 1.54) is 6.07 Å². The summed E-state index contributed by atoms with van der Waals surface area (Å²) in [5.74, 6) is -0.0578. The third-order valence-electron chi connectivity index (χ3n) is 5.19. The van der Waals surface area contributed by atoms with E-state index in [9.17, 15) is 14.0 Å². The second-order valence-corrected chi connectivity index (χ2v) is 8.50. The van der Waals surface area contributed by atoms with Crippen LogP contribution in [0.2, 0.25) is 0 Å². The molecule has 7 heteroatoms. The van der Waals surface area contributed by atoms with E-state index < -0.39 is 5.82 Å². The maximum Gasteiger partial charge on any atom is 0.225 e. The number of hydrogen-bond acceptors (Lipinski definition) is 3. The highest BCUT2D eigenvalue weighted by Crippen LogP contribution is 2.20. The van der Waals surface area contributed by atoms with Gasteiger partial charge in [0.05, 0.1) is 5.69 Å². The Morgan fingerprint density at radius 2 is 1.93 bits per heavy atom. The minimum atomic E-state index is -0.458. The summed E-state index contributed by atoms with van der Waals surface area (Å²) >= 11 is 3.19. The molecule has 1 unspecified atom stereocenters. The predicted molar refractivity (Wildman–Crippen MR) is 109 cm³/mol. The Hall–Kier alpha value is -1.47. The first-order valence-electron chi connectivity index (χ1n) is 9.54. The Balaban J connectivity index is 1.71. The third-order valence-corrected chi connectivity index (χ3v) is 5.68. The van der Waals surface area contributed by atoms with Crippen LogP contribution in [0.5, 0.6) is 0 Å². The topological polar surface area (TPSA) is 61.4 Å². The van der Waals surface area contributed by atoms with Gasteiger partial charge < -0.3 is 15.5 Å². The number of nitrogens with zero attached hydrogens (tertiary/aromatic N) is 1. The van der Waals surface area contributed by atoms with Crippen molar-refractivity contribution in [2.75, 3.05) is 25.0 Å². The van der Waals surface area contributed by atoms with E-state index >= 15 is 0 Å². The fraction of sp³-hybridized carbons (Fsp3) is 0.600. The zero-order valence-electron chi connectivity index (χ0n) is 16.2. The van der Waals surface area contributed by atoms with E-state index in [1.54, 1.807) is 12.1 Å². The van der Waals surface area contributed by atoms with Crippen LogP contribution in [0.1, 0.15) is 40.0 Å². The SMILES string of the molecule is CC(C)C(C)NC(=O)C1CCN(CCC(=O)Nc2ccc(Br)cc2F)CC1. The van der Waals surface area contributed by atoms with Crippen LogP contribution in [-0.4, -0.2) is 42.4 Å². The third kappa shape index (κ3) is 6.88. The summed E-state index contributed by atoms with van der Waals surface area (Å²) in [4.78, 5) is 26.6. The first-order valence-corrected chi connectivity index (χ1v) is 10.3. The minimum absolute atomic E-state index is 0.0492. The number of carbonyl (C=O) groups excluding carboxylic acids is 2. The molecule has 1 atom stereocenters. The van der Waals surface area contributed by atoms with Crippen molar-refractivity contribution in [1.82, 2.24) is 10.2 Å². The summed E-state index contributed by atoms with van der Waals surface area (Å²) < 4.78 is 14.4. The van der Waals surface area contributed by atoms with Crippen LogP contribution in [0.25, 0.3) is 0 Å². The Labute approximate surface area is 169 Å². The number of halogens is 2. The second kappa shape index (κ2) is 10.2. The Morgan fingerprint density at radius 3 is 2.52 bits per heavy atom. The lowest BCUT2D eigenvalue weighted by Crippen LogP contribution is -2.44. The average molecular weight is 442 g/mol. The smallest absolute Gasteiger partial charge is 0.225 e. The van der Waals surface area contributed by atoms with E-state index in [0.717, 1.165) is 25.9 Å². The van der Waals surface area contributed by atoms with Crippen LogP contribution in [-0.2, 0) is 9.59 Å². The summed E-state index contributed by atoms with van der Waals surface area (Å²) in [6.45, 7) is 8.44. The monoisotopic (exact) mass is 441 g/mol. The van der Waals surface area contributed by atoms with Crippen molar-refractivity contribution in [3.63, 3.8) is 0 Å². The minimum Gasteiger partial charge on any atom is -0.353 e.